The molecule has 0 radical (unpaired) electrons. The summed E-state index contributed by atoms with van der Waals surface area (Å²) in [7, 11) is 0. The lowest BCUT2D eigenvalue weighted by atomic mass is 10.1. The average molecular weight is 382 g/mol. The highest BCUT2D eigenvalue weighted by Crippen LogP contribution is 2.26. The molecule has 2 aromatic rings. The molecular weight excluding hydrogens is 356 g/mol. The maximum absolute atomic E-state index is 12.3. The molecule has 2 amide bonds. The number of carbonyl (C=O) groups excluding carboxylic acids is 2. The molecule has 1 heterocycles. The third kappa shape index (κ3) is 6.01. The minimum absolute atomic E-state index is 0.0184. The zero-order valence-electron chi connectivity index (χ0n) is 15.9. The van der Waals surface area contributed by atoms with Crippen molar-refractivity contribution in [3.05, 3.63) is 60.2 Å². The molecule has 3 rings (SSSR count). The fourth-order valence-electron chi connectivity index (χ4n) is 3.05. The number of likely N-dealkylation sites (tertiary alicyclic amines) is 1. The van der Waals surface area contributed by atoms with Gasteiger partial charge in [0.25, 0.3) is 11.8 Å². The van der Waals surface area contributed by atoms with Crippen molar-refractivity contribution in [3.8, 4) is 11.5 Å². The monoisotopic (exact) mass is 382 g/mol. The second kappa shape index (κ2) is 10.3. The molecule has 1 N–H and O–H groups in total. The molecule has 1 aliphatic rings. The first-order valence-electron chi connectivity index (χ1n) is 9.65. The number of ether oxygens (including phenoxy) is 2. The van der Waals surface area contributed by atoms with Gasteiger partial charge in [0.15, 0.2) is 24.7 Å². The molecule has 0 aromatic heterocycles. The Morgan fingerprint density at radius 3 is 2.11 bits per heavy atom. The van der Waals surface area contributed by atoms with Gasteiger partial charge in [-0.1, -0.05) is 42.5 Å². The lowest BCUT2D eigenvalue weighted by Crippen LogP contribution is -2.38. The lowest BCUT2D eigenvalue weighted by molar-refractivity contribution is -0.134. The van der Waals surface area contributed by atoms with Crippen molar-refractivity contribution in [2.75, 3.05) is 26.3 Å². The highest BCUT2D eigenvalue weighted by atomic mass is 16.5. The number of para-hydroxylation sites is 2. The molecular formula is C22H26N2O4. The van der Waals surface area contributed by atoms with Gasteiger partial charge in [-0.25, -0.2) is 0 Å². The molecule has 1 aliphatic heterocycles. The maximum Gasteiger partial charge on any atom is 0.260 e. The second-order valence-corrected chi connectivity index (χ2v) is 6.73. The van der Waals surface area contributed by atoms with Crippen LogP contribution in [0.2, 0.25) is 0 Å². The van der Waals surface area contributed by atoms with Crippen LogP contribution in [0, 0.1) is 0 Å². The van der Waals surface area contributed by atoms with E-state index < -0.39 is 0 Å². The van der Waals surface area contributed by atoms with E-state index in [1.807, 2.05) is 41.3 Å². The van der Waals surface area contributed by atoms with Crippen LogP contribution in [0.5, 0.6) is 11.5 Å². The van der Waals surface area contributed by atoms with Gasteiger partial charge in [0.1, 0.15) is 0 Å². The van der Waals surface area contributed by atoms with Gasteiger partial charge in [0, 0.05) is 19.6 Å². The van der Waals surface area contributed by atoms with Gasteiger partial charge in [-0.3, -0.25) is 9.59 Å². The molecule has 0 atom stereocenters. The number of hydrogen-bond acceptors (Lipinski definition) is 4. The van der Waals surface area contributed by atoms with Crippen LogP contribution in [-0.4, -0.2) is 43.0 Å². The third-order valence-electron chi connectivity index (χ3n) is 4.60. The molecule has 0 bridgehead atoms. The van der Waals surface area contributed by atoms with Crippen LogP contribution in [0.15, 0.2) is 54.6 Å². The van der Waals surface area contributed by atoms with Crippen LogP contribution < -0.4 is 14.8 Å². The molecule has 0 unspecified atom stereocenters. The van der Waals surface area contributed by atoms with Gasteiger partial charge in [0.05, 0.1) is 0 Å². The summed E-state index contributed by atoms with van der Waals surface area (Å²) in [6.45, 7) is 1.89. The van der Waals surface area contributed by atoms with Gasteiger partial charge < -0.3 is 19.7 Å². The van der Waals surface area contributed by atoms with E-state index in [1.165, 1.54) is 6.42 Å². The Kier molecular flexibility index (Phi) is 7.29. The summed E-state index contributed by atoms with van der Waals surface area (Å²) in [6.07, 6.45) is 3.26. The maximum atomic E-state index is 12.3. The largest absolute Gasteiger partial charge is 0.480 e. The number of nitrogens with one attached hydrogen (secondary N) is 1. The molecule has 6 nitrogen and oxygen atoms in total. The Morgan fingerprint density at radius 2 is 1.43 bits per heavy atom. The first-order valence-corrected chi connectivity index (χ1v) is 9.65. The molecule has 2 aromatic carbocycles. The standard InChI is InChI=1S/C22H26N2O4/c25-21(23-15-18-9-3-1-4-10-18)16-27-19-11-5-6-12-20(19)28-17-22(26)24-13-7-2-8-14-24/h1,3-6,9-12H,2,7-8,13-17H2,(H,23,25). The predicted molar refractivity (Wildman–Crippen MR) is 106 cm³/mol. The predicted octanol–water partition coefficient (Wildman–Crippen LogP) is 2.77. The van der Waals surface area contributed by atoms with Crippen LogP contribution in [0.3, 0.4) is 0 Å². The molecule has 1 saturated heterocycles. The van der Waals surface area contributed by atoms with E-state index in [4.69, 9.17) is 9.47 Å². The van der Waals surface area contributed by atoms with Crippen molar-refractivity contribution >= 4 is 11.8 Å². The number of piperidine rings is 1. The Morgan fingerprint density at radius 1 is 0.821 bits per heavy atom. The van der Waals surface area contributed by atoms with E-state index in [-0.39, 0.29) is 25.0 Å². The molecule has 28 heavy (non-hydrogen) atoms. The summed E-state index contributed by atoms with van der Waals surface area (Å²) in [4.78, 5) is 26.1. The van der Waals surface area contributed by atoms with Gasteiger partial charge in [0.2, 0.25) is 0 Å². The SMILES string of the molecule is O=C(COc1ccccc1OCC(=O)N1CCCCC1)NCc1ccccc1. The van der Waals surface area contributed by atoms with Crippen LogP contribution in [0.25, 0.3) is 0 Å². The fraction of sp³-hybridized carbons (Fsp3) is 0.364. The van der Waals surface area contributed by atoms with Crippen molar-refractivity contribution in [3.63, 3.8) is 0 Å². The topological polar surface area (TPSA) is 67.9 Å². The van der Waals surface area contributed by atoms with Crippen molar-refractivity contribution in [1.29, 1.82) is 0 Å². The number of carbonyl (C=O) groups is 2. The Bertz CT molecular complexity index is 773. The minimum atomic E-state index is -0.219. The quantitative estimate of drug-likeness (QED) is 0.762. The molecule has 0 saturated carbocycles. The van der Waals surface area contributed by atoms with Crippen molar-refractivity contribution < 1.29 is 19.1 Å². The molecule has 148 valence electrons. The third-order valence-corrected chi connectivity index (χ3v) is 4.60. The number of benzene rings is 2. The van der Waals surface area contributed by atoms with Gasteiger partial charge >= 0.3 is 0 Å². The molecule has 0 aliphatic carbocycles. The van der Waals surface area contributed by atoms with E-state index in [9.17, 15) is 9.59 Å². The van der Waals surface area contributed by atoms with Crippen LogP contribution in [-0.2, 0) is 16.1 Å². The summed E-state index contributed by atoms with van der Waals surface area (Å²) in [5.41, 5.74) is 1.02. The summed E-state index contributed by atoms with van der Waals surface area (Å²) in [6, 6.07) is 16.8. The normalized spacial score (nSPS) is 13.6. The van der Waals surface area contributed by atoms with Crippen molar-refractivity contribution in [2.45, 2.75) is 25.8 Å². The Labute approximate surface area is 165 Å². The summed E-state index contributed by atoms with van der Waals surface area (Å²) < 4.78 is 11.3. The molecule has 1 fully saturated rings. The highest BCUT2D eigenvalue weighted by Gasteiger charge is 2.17. The minimum Gasteiger partial charge on any atom is -0.480 e. The lowest BCUT2D eigenvalue weighted by Gasteiger charge is -2.26. The fourth-order valence-corrected chi connectivity index (χ4v) is 3.05. The second-order valence-electron chi connectivity index (χ2n) is 6.73. The Balaban J connectivity index is 1.46. The van der Waals surface area contributed by atoms with Gasteiger partial charge in [-0.05, 0) is 37.0 Å². The van der Waals surface area contributed by atoms with Gasteiger partial charge in [-0.15, -0.1) is 0 Å². The molecule has 0 spiro atoms. The summed E-state index contributed by atoms with van der Waals surface area (Å²) in [5.74, 6) is 0.672. The van der Waals surface area contributed by atoms with Crippen LogP contribution in [0.1, 0.15) is 24.8 Å². The zero-order valence-corrected chi connectivity index (χ0v) is 15.9. The number of hydrogen-bond donors (Lipinski definition) is 1. The number of nitrogens with zero attached hydrogens (tertiary/aromatic N) is 1. The average Bonchev–Trinajstić information content (AvgIpc) is 2.76. The highest BCUT2D eigenvalue weighted by molar-refractivity contribution is 5.78. The summed E-state index contributed by atoms with van der Waals surface area (Å²) >= 11 is 0. The molecule has 6 heteroatoms. The number of rotatable bonds is 8. The van der Waals surface area contributed by atoms with E-state index in [2.05, 4.69) is 5.32 Å². The van der Waals surface area contributed by atoms with Crippen LogP contribution in [0.4, 0.5) is 0 Å². The van der Waals surface area contributed by atoms with Crippen molar-refractivity contribution in [1.82, 2.24) is 10.2 Å². The zero-order chi connectivity index (χ0) is 19.6. The smallest absolute Gasteiger partial charge is 0.260 e. The first-order chi connectivity index (χ1) is 13.7. The first kappa shape index (κ1) is 19.7. The number of amides is 2. The van der Waals surface area contributed by atoms with E-state index >= 15 is 0 Å². The summed E-state index contributed by atoms with van der Waals surface area (Å²) in [5, 5.41) is 2.82. The van der Waals surface area contributed by atoms with Gasteiger partial charge in [-0.2, -0.15) is 0 Å². The van der Waals surface area contributed by atoms with Crippen molar-refractivity contribution in [2.24, 2.45) is 0 Å². The Hall–Kier alpha value is -3.02. The van der Waals surface area contributed by atoms with E-state index in [0.29, 0.717) is 18.0 Å². The van der Waals surface area contributed by atoms with Crippen LogP contribution >= 0.6 is 0 Å². The van der Waals surface area contributed by atoms with E-state index in [0.717, 1.165) is 31.5 Å². The van der Waals surface area contributed by atoms with E-state index in [1.54, 1.807) is 18.2 Å².